The average molecular weight is 340 g/mol. The topological polar surface area (TPSA) is 41.1 Å². The predicted molar refractivity (Wildman–Crippen MR) is 87.0 cm³/mol. The highest BCUT2D eigenvalue weighted by Crippen LogP contribution is 2.30. The Morgan fingerprint density at radius 1 is 1.09 bits per heavy atom. The van der Waals surface area contributed by atoms with Gasteiger partial charge in [0.05, 0.1) is 5.56 Å². The third kappa shape index (κ3) is 4.66. The van der Waals surface area contributed by atoms with Gasteiger partial charge in [0.1, 0.15) is 0 Å². The molecule has 0 radical (unpaired) electrons. The second kappa shape index (κ2) is 6.95. The van der Waals surface area contributed by atoms with E-state index < -0.39 is 17.8 Å². The largest absolute Gasteiger partial charge is 0.416 e. The van der Waals surface area contributed by atoms with E-state index in [0.29, 0.717) is 5.69 Å². The number of hydrogen-bond acceptors (Lipinski definition) is 2. The molecule has 0 aromatic heterocycles. The van der Waals surface area contributed by atoms with Gasteiger partial charge in [0.25, 0.3) is 0 Å². The molecule has 23 heavy (non-hydrogen) atoms. The lowest BCUT2D eigenvalue weighted by Gasteiger charge is -2.12. The molecule has 0 bridgehead atoms. The van der Waals surface area contributed by atoms with Gasteiger partial charge in [-0.3, -0.25) is 0 Å². The van der Waals surface area contributed by atoms with Gasteiger partial charge < -0.3 is 10.6 Å². The third-order valence-electron chi connectivity index (χ3n) is 3.13. The molecule has 0 heterocycles. The highest BCUT2D eigenvalue weighted by atomic mass is 32.2. The Balaban J connectivity index is 2.08. The summed E-state index contributed by atoms with van der Waals surface area (Å²) >= 11 is 1.58. The van der Waals surface area contributed by atoms with Crippen molar-refractivity contribution in [3.63, 3.8) is 0 Å². The van der Waals surface area contributed by atoms with Gasteiger partial charge in [-0.25, -0.2) is 4.79 Å². The van der Waals surface area contributed by atoms with E-state index in [0.717, 1.165) is 22.6 Å². The van der Waals surface area contributed by atoms with Crippen molar-refractivity contribution in [1.29, 1.82) is 0 Å². The van der Waals surface area contributed by atoms with Gasteiger partial charge in [-0.2, -0.15) is 13.2 Å². The SMILES string of the molecule is CSc1ccc(NC(=O)Nc2cccc(C(F)(F)F)c2)c(C)c1. The number of urea groups is 1. The fourth-order valence-corrected chi connectivity index (χ4v) is 2.46. The van der Waals surface area contributed by atoms with Crippen molar-refractivity contribution in [1.82, 2.24) is 0 Å². The summed E-state index contributed by atoms with van der Waals surface area (Å²) in [6, 6.07) is 9.44. The van der Waals surface area contributed by atoms with Crippen molar-refractivity contribution >= 4 is 29.2 Å². The Morgan fingerprint density at radius 3 is 2.43 bits per heavy atom. The Kier molecular flexibility index (Phi) is 5.20. The summed E-state index contributed by atoms with van der Waals surface area (Å²) in [5, 5.41) is 5.03. The normalized spacial score (nSPS) is 11.2. The molecule has 2 N–H and O–H groups in total. The number of carbonyl (C=O) groups is 1. The van der Waals surface area contributed by atoms with Gasteiger partial charge in [0.15, 0.2) is 0 Å². The summed E-state index contributed by atoms with van der Waals surface area (Å²) in [6.07, 6.45) is -2.50. The predicted octanol–water partition coefficient (Wildman–Crippen LogP) is 5.38. The summed E-state index contributed by atoms with van der Waals surface area (Å²) < 4.78 is 37.9. The molecule has 0 aliphatic carbocycles. The minimum absolute atomic E-state index is 0.0794. The maximum absolute atomic E-state index is 12.6. The van der Waals surface area contributed by atoms with Crippen LogP contribution in [0, 0.1) is 6.92 Å². The highest BCUT2D eigenvalue weighted by Gasteiger charge is 2.30. The molecule has 2 amide bonds. The molecule has 3 nitrogen and oxygen atoms in total. The van der Waals surface area contributed by atoms with E-state index in [-0.39, 0.29) is 5.69 Å². The van der Waals surface area contributed by atoms with Crippen LogP contribution in [-0.2, 0) is 6.18 Å². The number of amides is 2. The summed E-state index contributed by atoms with van der Waals surface area (Å²) in [6.45, 7) is 1.85. The molecule has 0 atom stereocenters. The molecule has 0 fully saturated rings. The lowest BCUT2D eigenvalue weighted by molar-refractivity contribution is -0.137. The number of halogens is 3. The molecule has 0 saturated heterocycles. The summed E-state index contributed by atoms with van der Waals surface area (Å²) in [5.74, 6) is 0. The first-order chi connectivity index (χ1) is 10.8. The standard InChI is InChI=1S/C16H15F3N2OS/c1-10-8-13(23-2)6-7-14(10)21-15(22)20-12-5-3-4-11(9-12)16(17,18)19/h3-9H,1-2H3,(H2,20,21,22). The molecule has 0 saturated carbocycles. The lowest BCUT2D eigenvalue weighted by Crippen LogP contribution is -2.20. The Bertz CT molecular complexity index is 717. The molecule has 7 heteroatoms. The smallest absolute Gasteiger partial charge is 0.308 e. The van der Waals surface area contributed by atoms with Crippen LogP contribution in [-0.4, -0.2) is 12.3 Å². The molecule has 0 aliphatic heterocycles. The second-order valence-electron chi connectivity index (χ2n) is 4.84. The molecule has 0 aliphatic rings. The van der Waals surface area contributed by atoms with Crippen LogP contribution in [0.5, 0.6) is 0 Å². The number of carbonyl (C=O) groups excluding carboxylic acids is 1. The number of aryl methyl sites for hydroxylation is 1. The van der Waals surface area contributed by atoms with E-state index in [1.807, 2.05) is 25.3 Å². The van der Waals surface area contributed by atoms with Crippen LogP contribution in [0.2, 0.25) is 0 Å². The van der Waals surface area contributed by atoms with Crippen molar-refractivity contribution in [3.05, 3.63) is 53.6 Å². The van der Waals surface area contributed by atoms with Crippen molar-refractivity contribution in [2.45, 2.75) is 18.0 Å². The first-order valence-corrected chi connectivity index (χ1v) is 7.92. The first kappa shape index (κ1) is 17.2. The molecular weight excluding hydrogens is 325 g/mol. The van der Waals surface area contributed by atoms with E-state index in [9.17, 15) is 18.0 Å². The molecule has 0 spiro atoms. The first-order valence-electron chi connectivity index (χ1n) is 6.69. The average Bonchev–Trinajstić information content (AvgIpc) is 2.48. The van der Waals surface area contributed by atoms with Gasteiger partial charge in [0.2, 0.25) is 0 Å². The van der Waals surface area contributed by atoms with E-state index in [2.05, 4.69) is 10.6 Å². The minimum Gasteiger partial charge on any atom is -0.308 e. The van der Waals surface area contributed by atoms with Gasteiger partial charge in [-0.05, 0) is 55.1 Å². The van der Waals surface area contributed by atoms with E-state index in [1.165, 1.54) is 12.1 Å². The Hall–Kier alpha value is -2.15. The monoisotopic (exact) mass is 340 g/mol. The molecule has 2 aromatic rings. The Morgan fingerprint density at radius 2 is 1.83 bits per heavy atom. The lowest BCUT2D eigenvalue weighted by atomic mass is 10.2. The van der Waals surface area contributed by atoms with Crippen LogP contribution >= 0.6 is 11.8 Å². The molecule has 122 valence electrons. The summed E-state index contributed by atoms with van der Waals surface area (Å²) in [4.78, 5) is 13.0. The zero-order valence-corrected chi connectivity index (χ0v) is 13.3. The summed E-state index contributed by atoms with van der Waals surface area (Å²) in [7, 11) is 0. The van der Waals surface area contributed by atoms with E-state index in [1.54, 1.807) is 17.8 Å². The van der Waals surface area contributed by atoms with Crippen LogP contribution in [0.15, 0.2) is 47.4 Å². The van der Waals surface area contributed by atoms with Crippen LogP contribution in [0.25, 0.3) is 0 Å². The third-order valence-corrected chi connectivity index (χ3v) is 3.85. The maximum atomic E-state index is 12.6. The van der Waals surface area contributed by atoms with Crippen molar-refractivity contribution < 1.29 is 18.0 Å². The fourth-order valence-electron chi connectivity index (χ4n) is 1.96. The van der Waals surface area contributed by atoms with Crippen molar-refractivity contribution in [2.24, 2.45) is 0 Å². The molecular formula is C16H15F3N2OS. The van der Waals surface area contributed by atoms with Crippen LogP contribution in [0.1, 0.15) is 11.1 Å². The summed E-state index contributed by atoms with van der Waals surface area (Å²) in [5.41, 5.74) is 0.745. The van der Waals surface area contributed by atoms with Crippen LogP contribution < -0.4 is 10.6 Å². The number of benzene rings is 2. The van der Waals surface area contributed by atoms with Crippen LogP contribution in [0.3, 0.4) is 0 Å². The minimum atomic E-state index is -4.45. The van der Waals surface area contributed by atoms with Gasteiger partial charge in [0, 0.05) is 16.3 Å². The highest BCUT2D eigenvalue weighted by molar-refractivity contribution is 7.98. The van der Waals surface area contributed by atoms with Crippen molar-refractivity contribution in [3.8, 4) is 0 Å². The van der Waals surface area contributed by atoms with Gasteiger partial charge >= 0.3 is 12.2 Å². The van der Waals surface area contributed by atoms with Gasteiger partial charge in [-0.1, -0.05) is 6.07 Å². The number of thioether (sulfide) groups is 1. The number of rotatable bonds is 3. The zero-order chi connectivity index (χ0) is 17.0. The molecule has 2 aromatic carbocycles. The number of hydrogen-bond donors (Lipinski definition) is 2. The quantitative estimate of drug-likeness (QED) is 0.737. The number of anilines is 2. The van der Waals surface area contributed by atoms with E-state index in [4.69, 9.17) is 0 Å². The maximum Gasteiger partial charge on any atom is 0.416 e. The number of alkyl halides is 3. The van der Waals surface area contributed by atoms with Gasteiger partial charge in [-0.15, -0.1) is 11.8 Å². The second-order valence-corrected chi connectivity index (χ2v) is 5.72. The Labute approximate surface area is 136 Å². The van der Waals surface area contributed by atoms with Crippen molar-refractivity contribution in [2.75, 3.05) is 16.9 Å². The van der Waals surface area contributed by atoms with E-state index >= 15 is 0 Å². The number of nitrogens with one attached hydrogen (secondary N) is 2. The fraction of sp³-hybridized carbons (Fsp3) is 0.188. The molecule has 0 unspecified atom stereocenters. The zero-order valence-electron chi connectivity index (χ0n) is 12.5. The van der Waals surface area contributed by atoms with Crippen LogP contribution in [0.4, 0.5) is 29.3 Å². The molecule has 2 rings (SSSR count).